The lowest BCUT2D eigenvalue weighted by Crippen LogP contribution is -2.38. The molecule has 27 heavy (non-hydrogen) atoms. The summed E-state index contributed by atoms with van der Waals surface area (Å²) in [7, 11) is 6.47. The van der Waals surface area contributed by atoms with Gasteiger partial charge in [-0.1, -0.05) is 18.2 Å². The molecule has 2 N–H and O–H groups in total. The molecule has 0 aliphatic heterocycles. The number of nitrogens with one attached hydrogen (secondary N) is 2. The third-order valence-electron chi connectivity index (χ3n) is 4.12. The van der Waals surface area contributed by atoms with Crippen molar-refractivity contribution in [1.29, 1.82) is 0 Å². The minimum absolute atomic E-state index is 0.199. The van der Waals surface area contributed by atoms with Gasteiger partial charge in [0.15, 0.2) is 5.96 Å². The van der Waals surface area contributed by atoms with E-state index in [9.17, 15) is 4.39 Å². The van der Waals surface area contributed by atoms with Crippen LogP contribution in [0.15, 0.2) is 41.4 Å². The van der Waals surface area contributed by atoms with Crippen LogP contribution in [0.1, 0.15) is 11.1 Å². The van der Waals surface area contributed by atoms with E-state index in [1.807, 2.05) is 6.07 Å². The van der Waals surface area contributed by atoms with Gasteiger partial charge in [-0.3, -0.25) is 4.99 Å². The lowest BCUT2D eigenvalue weighted by Gasteiger charge is -2.17. The number of benzene rings is 2. The Labute approximate surface area is 159 Å². The van der Waals surface area contributed by atoms with Crippen molar-refractivity contribution in [3.05, 3.63) is 53.3 Å². The maximum Gasteiger partial charge on any atom is 0.191 e. The van der Waals surface area contributed by atoms with Gasteiger partial charge in [0.1, 0.15) is 23.1 Å². The number of methoxy groups -OCH3 is 3. The monoisotopic (exact) mass is 375 g/mol. The molecule has 0 spiro atoms. The molecule has 0 radical (unpaired) electrons. The Balaban J connectivity index is 1.98. The summed E-state index contributed by atoms with van der Waals surface area (Å²) in [5.41, 5.74) is 1.51. The van der Waals surface area contributed by atoms with Crippen molar-refractivity contribution in [2.24, 2.45) is 4.99 Å². The highest BCUT2D eigenvalue weighted by Crippen LogP contribution is 2.33. The number of hydrogen-bond acceptors (Lipinski definition) is 4. The molecule has 0 unspecified atom stereocenters. The summed E-state index contributed by atoms with van der Waals surface area (Å²) >= 11 is 0. The molecule has 146 valence electrons. The highest BCUT2D eigenvalue weighted by Gasteiger charge is 2.13. The van der Waals surface area contributed by atoms with Crippen molar-refractivity contribution in [3.8, 4) is 17.2 Å². The molecule has 0 saturated carbocycles. The van der Waals surface area contributed by atoms with Crippen molar-refractivity contribution in [3.63, 3.8) is 0 Å². The van der Waals surface area contributed by atoms with Crippen molar-refractivity contribution in [2.75, 3.05) is 34.9 Å². The van der Waals surface area contributed by atoms with Crippen molar-refractivity contribution in [1.82, 2.24) is 10.6 Å². The number of aliphatic imine (C=N–C) groups is 1. The average Bonchev–Trinajstić information content (AvgIpc) is 2.71. The number of halogens is 1. The van der Waals surface area contributed by atoms with Gasteiger partial charge in [0.2, 0.25) is 0 Å². The zero-order valence-corrected chi connectivity index (χ0v) is 16.1. The maximum atomic E-state index is 13.7. The topological polar surface area (TPSA) is 64.1 Å². The molecule has 7 heteroatoms. The van der Waals surface area contributed by atoms with Gasteiger partial charge in [-0.25, -0.2) is 4.39 Å². The zero-order chi connectivity index (χ0) is 19.6. The van der Waals surface area contributed by atoms with Gasteiger partial charge < -0.3 is 24.8 Å². The van der Waals surface area contributed by atoms with Crippen LogP contribution in [-0.2, 0) is 13.0 Å². The Morgan fingerprint density at radius 2 is 1.67 bits per heavy atom. The molecule has 0 aromatic heterocycles. The Morgan fingerprint density at radius 1 is 1.00 bits per heavy atom. The molecule has 2 rings (SSSR count). The number of ether oxygens (including phenoxy) is 3. The number of rotatable bonds is 8. The predicted molar refractivity (Wildman–Crippen MR) is 104 cm³/mol. The van der Waals surface area contributed by atoms with E-state index in [4.69, 9.17) is 14.2 Å². The first-order valence-electron chi connectivity index (χ1n) is 8.59. The minimum Gasteiger partial charge on any atom is -0.496 e. The molecule has 0 saturated heterocycles. The molecule has 0 bridgehead atoms. The SMILES string of the molecule is CN=C(NCCc1ccccc1F)NCc1c(OC)cc(OC)cc1OC. The Morgan fingerprint density at radius 3 is 2.22 bits per heavy atom. The van der Waals surface area contributed by atoms with E-state index in [0.717, 1.165) is 5.56 Å². The molecule has 6 nitrogen and oxygen atoms in total. The molecule has 2 aromatic rings. The van der Waals surface area contributed by atoms with E-state index in [-0.39, 0.29) is 5.82 Å². The Hall–Kier alpha value is -2.96. The summed E-state index contributed by atoms with van der Waals surface area (Å²) in [5, 5.41) is 6.40. The fraction of sp³-hybridized carbons (Fsp3) is 0.350. The first-order chi connectivity index (χ1) is 13.1. The molecule has 0 fully saturated rings. The van der Waals surface area contributed by atoms with Crippen molar-refractivity contribution < 1.29 is 18.6 Å². The van der Waals surface area contributed by atoms with Gasteiger partial charge in [-0.2, -0.15) is 0 Å². The molecule has 2 aromatic carbocycles. The van der Waals surface area contributed by atoms with Crippen molar-refractivity contribution in [2.45, 2.75) is 13.0 Å². The van der Waals surface area contributed by atoms with Crippen LogP contribution in [0.5, 0.6) is 17.2 Å². The van der Waals surface area contributed by atoms with E-state index in [1.165, 1.54) is 6.07 Å². The maximum absolute atomic E-state index is 13.7. The zero-order valence-electron chi connectivity index (χ0n) is 16.1. The minimum atomic E-state index is -0.199. The molecule has 0 aliphatic carbocycles. The van der Waals surface area contributed by atoms with Gasteiger partial charge in [0.25, 0.3) is 0 Å². The highest BCUT2D eigenvalue weighted by atomic mass is 19.1. The number of nitrogens with zero attached hydrogens (tertiary/aromatic N) is 1. The lowest BCUT2D eigenvalue weighted by atomic mass is 10.1. The molecule has 0 heterocycles. The van der Waals surface area contributed by atoms with E-state index < -0.39 is 0 Å². The lowest BCUT2D eigenvalue weighted by molar-refractivity contribution is 0.368. The molecule has 0 atom stereocenters. The summed E-state index contributed by atoms with van der Waals surface area (Å²) in [6, 6.07) is 10.4. The molecular weight excluding hydrogens is 349 g/mol. The Kier molecular flexibility index (Phi) is 7.73. The second-order valence-electron chi connectivity index (χ2n) is 5.70. The fourth-order valence-electron chi connectivity index (χ4n) is 2.66. The summed E-state index contributed by atoms with van der Waals surface area (Å²) in [4.78, 5) is 4.20. The molecule has 0 amide bonds. The largest absolute Gasteiger partial charge is 0.496 e. The first kappa shape index (κ1) is 20.4. The van der Waals surface area contributed by atoms with Crippen LogP contribution in [-0.4, -0.2) is 40.9 Å². The second-order valence-corrected chi connectivity index (χ2v) is 5.70. The third kappa shape index (κ3) is 5.51. The third-order valence-corrected chi connectivity index (χ3v) is 4.12. The average molecular weight is 375 g/mol. The number of guanidine groups is 1. The predicted octanol–water partition coefficient (Wildman–Crippen LogP) is 2.76. The van der Waals surface area contributed by atoms with Crippen LogP contribution < -0.4 is 24.8 Å². The van der Waals surface area contributed by atoms with E-state index in [1.54, 1.807) is 52.6 Å². The van der Waals surface area contributed by atoms with Crippen LogP contribution in [0.25, 0.3) is 0 Å². The summed E-state index contributed by atoms with van der Waals surface area (Å²) in [6.45, 7) is 0.993. The van der Waals surface area contributed by atoms with Crippen LogP contribution in [0, 0.1) is 5.82 Å². The van der Waals surface area contributed by atoms with Crippen LogP contribution >= 0.6 is 0 Å². The summed E-state index contributed by atoms with van der Waals surface area (Å²) in [5.74, 6) is 2.36. The van der Waals surface area contributed by atoms with Crippen LogP contribution in [0.2, 0.25) is 0 Å². The highest BCUT2D eigenvalue weighted by molar-refractivity contribution is 5.79. The molecular formula is C20H26FN3O3. The summed E-state index contributed by atoms with van der Waals surface area (Å²) in [6.07, 6.45) is 0.558. The first-order valence-corrected chi connectivity index (χ1v) is 8.59. The summed E-state index contributed by atoms with van der Waals surface area (Å²) < 4.78 is 29.8. The smallest absolute Gasteiger partial charge is 0.191 e. The van der Waals surface area contributed by atoms with Gasteiger partial charge in [0.05, 0.1) is 33.4 Å². The second kappa shape index (κ2) is 10.3. The van der Waals surface area contributed by atoms with Gasteiger partial charge in [0, 0.05) is 25.7 Å². The van der Waals surface area contributed by atoms with E-state index in [0.29, 0.717) is 48.3 Å². The Bertz CT molecular complexity index is 756. The molecule has 0 aliphatic rings. The standard InChI is InChI=1S/C20H26FN3O3/c1-22-20(23-10-9-14-7-5-6-8-17(14)21)24-13-16-18(26-3)11-15(25-2)12-19(16)27-4/h5-8,11-12H,9-10,13H2,1-4H3,(H2,22,23,24). The normalized spacial score (nSPS) is 11.1. The number of hydrogen-bond donors (Lipinski definition) is 2. The van der Waals surface area contributed by atoms with E-state index >= 15 is 0 Å². The van der Waals surface area contributed by atoms with E-state index in [2.05, 4.69) is 15.6 Å². The quantitative estimate of drug-likeness (QED) is 0.549. The van der Waals surface area contributed by atoms with Crippen LogP contribution in [0.3, 0.4) is 0 Å². The fourth-order valence-corrected chi connectivity index (χ4v) is 2.66. The van der Waals surface area contributed by atoms with Gasteiger partial charge >= 0.3 is 0 Å². The van der Waals surface area contributed by atoms with Crippen molar-refractivity contribution >= 4 is 5.96 Å². The van der Waals surface area contributed by atoms with Crippen LogP contribution in [0.4, 0.5) is 4.39 Å². The van der Waals surface area contributed by atoms with Gasteiger partial charge in [-0.15, -0.1) is 0 Å². The van der Waals surface area contributed by atoms with Gasteiger partial charge in [-0.05, 0) is 18.1 Å².